The number of alkyl halides is 3. The molecule has 0 aliphatic heterocycles. The molecule has 0 fully saturated rings. The normalized spacial score (nSPS) is 13.2. The van der Waals surface area contributed by atoms with Crippen molar-refractivity contribution in [2.24, 2.45) is 0 Å². The van der Waals surface area contributed by atoms with Gasteiger partial charge in [-0.25, -0.2) is 4.98 Å². The molecular formula is C9H10F3N3O3. The van der Waals surface area contributed by atoms with E-state index in [9.17, 15) is 23.3 Å². The molecule has 0 saturated heterocycles. The number of aliphatic hydroxyl groups excluding tert-OH is 1. The van der Waals surface area contributed by atoms with E-state index in [0.717, 1.165) is 0 Å². The third kappa shape index (κ3) is 3.55. The fraction of sp³-hybridized carbons (Fsp3) is 0.444. The molecule has 100 valence electrons. The number of anilines is 1. The summed E-state index contributed by atoms with van der Waals surface area (Å²) in [6, 6.07) is 0.542. The van der Waals surface area contributed by atoms with Gasteiger partial charge < -0.3 is 10.4 Å². The van der Waals surface area contributed by atoms with Gasteiger partial charge in [-0.1, -0.05) is 0 Å². The predicted octanol–water partition coefficient (Wildman–Crippen LogP) is 1.80. The summed E-state index contributed by atoms with van der Waals surface area (Å²) in [6.07, 6.45) is -5.00. The Balaban J connectivity index is 3.12. The van der Waals surface area contributed by atoms with Crippen LogP contribution in [0.3, 0.4) is 0 Å². The summed E-state index contributed by atoms with van der Waals surface area (Å²) < 4.78 is 37.2. The molecule has 1 atom stereocenters. The third-order valence-electron chi connectivity index (χ3n) is 1.96. The topological polar surface area (TPSA) is 88.3 Å². The van der Waals surface area contributed by atoms with Gasteiger partial charge in [-0.3, -0.25) is 10.1 Å². The van der Waals surface area contributed by atoms with E-state index in [4.69, 9.17) is 5.11 Å². The van der Waals surface area contributed by atoms with E-state index in [1.54, 1.807) is 0 Å². The number of rotatable bonds is 4. The summed E-state index contributed by atoms with van der Waals surface area (Å²) in [5.41, 5.74) is -2.15. The van der Waals surface area contributed by atoms with E-state index in [0.29, 0.717) is 12.3 Å². The lowest BCUT2D eigenvalue weighted by Crippen LogP contribution is -2.17. The fourth-order valence-corrected chi connectivity index (χ4v) is 1.15. The quantitative estimate of drug-likeness (QED) is 0.640. The average Bonchev–Trinajstić information content (AvgIpc) is 2.24. The van der Waals surface area contributed by atoms with Crippen molar-refractivity contribution in [2.45, 2.75) is 19.2 Å². The van der Waals surface area contributed by atoms with Crippen LogP contribution in [0.25, 0.3) is 0 Å². The molecule has 0 spiro atoms. The number of pyridine rings is 1. The number of aromatic nitrogens is 1. The van der Waals surface area contributed by atoms with Gasteiger partial charge in [-0.15, -0.1) is 0 Å². The second kappa shape index (κ2) is 5.17. The Bertz CT molecular complexity index is 448. The van der Waals surface area contributed by atoms with Crippen LogP contribution in [0.5, 0.6) is 0 Å². The first-order valence-corrected chi connectivity index (χ1v) is 4.85. The molecule has 1 heterocycles. The zero-order valence-corrected chi connectivity index (χ0v) is 9.23. The zero-order chi connectivity index (χ0) is 13.9. The summed E-state index contributed by atoms with van der Waals surface area (Å²) in [6.45, 7) is 1.28. The first-order chi connectivity index (χ1) is 8.21. The van der Waals surface area contributed by atoms with Gasteiger partial charge >= 0.3 is 11.9 Å². The SMILES string of the molecule is CC(O)CNc1cc(C(F)(F)F)ncc1[N+](=O)[O-]. The highest BCUT2D eigenvalue weighted by Crippen LogP contribution is 2.32. The van der Waals surface area contributed by atoms with Gasteiger partial charge in [-0.2, -0.15) is 13.2 Å². The number of hydrogen-bond acceptors (Lipinski definition) is 5. The summed E-state index contributed by atoms with van der Waals surface area (Å²) in [5.74, 6) is 0. The lowest BCUT2D eigenvalue weighted by Gasteiger charge is -2.11. The van der Waals surface area contributed by atoms with Crippen molar-refractivity contribution < 1.29 is 23.2 Å². The second-order valence-electron chi connectivity index (χ2n) is 3.57. The number of nitro groups is 1. The van der Waals surface area contributed by atoms with Crippen molar-refractivity contribution in [3.63, 3.8) is 0 Å². The van der Waals surface area contributed by atoms with Crippen molar-refractivity contribution in [2.75, 3.05) is 11.9 Å². The number of aliphatic hydroxyl groups is 1. The van der Waals surface area contributed by atoms with Crippen LogP contribution in [0.4, 0.5) is 24.5 Å². The van der Waals surface area contributed by atoms with Crippen LogP contribution in [0.2, 0.25) is 0 Å². The maximum atomic E-state index is 12.4. The molecule has 2 N–H and O–H groups in total. The number of nitrogens with one attached hydrogen (secondary N) is 1. The van der Waals surface area contributed by atoms with Crippen LogP contribution in [0.15, 0.2) is 12.3 Å². The van der Waals surface area contributed by atoms with Crippen molar-refractivity contribution in [3.8, 4) is 0 Å². The summed E-state index contributed by atoms with van der Waals surface area (Å²) in [7, 11) is 0. The van der Waals surface area contributed by atoms with Gasteiger partial charge in [-0.05, 0) is 13.0 Å². The Morgan fingerprint density at radius 3 is 2.67 bits per heavy atom. The second-order valence-corrected chi connectivity index (χ2v) is 3.57. The standard InChI is InChI=1S/C9H10F3N3O3/c1-5(16)3-13-6-2-8(9(10,11)12)14-4-7(6)15(17)18/h2,4-5,16H,3H2,1H3,(H,13,14). The largest absolute Gasteiger partial charge is 0.433 e. The summed E-state index contributed by atoms with van der Waals surface area (Å²) in [4.78, 5) is 12.7. The fourth-order valence-electron chi connectivity index (χ4n) is 1.15. The molecule has 9 heteroatoms. The van der Waals surface area contributed by atoms with Crippen molar-refractivity contribution >= 4 is 11.4 Å². The maximum Gasteiger partial charge on any atom is 0.433 e. The molecule has 1 aromatic heterocycles. The predicted molar refractivity (Wildman–Crippen MR) is 56.1 cm³/mol. The van der Waals surface area contributed by atoms with E-state index in [-0.39, 0.29) is 12.2 Å². The minimum atomic E-state index is -4.68. The highest BCUT2D eigenvalue weighted by Gasteiger charge is 2.34. The van der Waals surface area contributed by atoms with Crippen molar-refractivity contribution in [1.82, 2.24) is 4.98 Å². The Kier molecular flexibility index (Phi) is 4.07. The van der Waals surface area contributed by atoms with Gasteiger partial charge in [0.05, 0.1) is 11.0 Å². The van der Waals surface area contributed by atoms with E-state index >= 15 is 0 Å². The minimum absolute atomic E-state index is 0.109. The lowest BCUT2D eigenvalue weighted by molar-refractivity contribution is -0.384. The molecule has 0 aliphatic rings. The molecule has 0 amide bonds. The molecule has 1 aromatic rings. The van der Waals surface area contributed by atoms with Gasteiger partial charge in [0.1, 0.15) is 17.6 Å². The molecule has 0 bridgehead atoms. The Hall–Kier alpha value is -1.90. The average molecular weight is 265 g/mol. The van der Waals surface area contributed by atoms with E-state index < -0.39 is 28.6 Å². The van der Waals surface area contributed by atoms with Gasteiger partial charge in [0.25, 0.3) is 0 Å². The van der Waals surface area contributed by atoms with Crippen LogP contribution >= 0.6 is 0 Å². The first kappa shape index (κ1) is 14.2. The molecule has 1 rings (SSSR count). The van der Waals surface area contributed by atoms with Crippen LogP contribution in [0, 0.1) is 10.1 Å². The molecule has 0 saturated carbocycles. The van der Waals surface area contributed by atoms with Crippen LogP contribution in [-0.2, 0) is 6.18 Å². The first-order valence-electron chi connectivity index (χ1n) is 4.85. The number of hydrogen-bond donors (Lipinski definition) is 2. The van der Waals surface area contributed by atoms with Gasteiger partial charge in [0, 0.05) is 6.54 Å². The molecular weight excluding hydrogens is 255 g/mol. The molecule has 0 radical (unpaired) electrons. The zero-order valence-electron chi connectivity index (χ0n) is 9.23. The molecule has 18 heavy (non-hydrogen) atoms. The van der Waals surface area contributed by atoms with Gasteiger partial charge in [0.2, 0.25) is 0 Å². The van der Waals surface area contributed by atoms with Crippen molar-refractivity contribution in [1.29, 1.82) is 0 Å². The third-order valence-corrected chi connectivity index (χ3v) is 1.96. The molecule has 0 aliphatic carbocycles. The smallest absolute Gasteiger partial charge is 0.392 e. The lowest BCUT2D eigenvalue weighted by atomic mass is 10.2. The van der Waals surface area contributed by atoms with E-state index in [1.165, 1.54) is 6.92 Å². The van der Waals surface area contributed by atoms with Crippen LogP contribution in [-0.4, -0.2) is 27.7 Å². The Morgan fingerprint density at radius 2 is 2.22 bits per heavy atom. The minimum Gasteiger partial charge on any atom is -0.392 e. The van der Waals surface area contributed by atoms with E-state index in [2.05, 4.69) is 10.3 Å². The highest BCUT2D eigenvalue weighted by molar-refractivity contribution is 5.61. The molecule has 0 aromatic carbocycles. The summed E-state index contributed by atoms with van der Waals surface area (Å²) in [5, 5.41) is 22.0. The monoisotopic (exact) mass is 265 g/mol. The summed E-state index contributed by atoms with van der Waals surface area (Å²) >= 11 is 0. The van der Waals surface area contributed by atoms with Crippen LogP contribution in [0.1, 0.15) is 12.6 Å². The van der Waals surface area contributed by atoms with Crippen molar-refractivity contribution in [3.05, 3.63) is 28.1 Å². The van der Waals surface area contributed by atoms with Crippen LogP contribution < -0.4 is 5.32 Å². The maximum absolute atomic E-state index is 12.4. The number of halogens is 3. The molecule has 6 nitrogen and oxygen atoms in total. The Labute approximate surface area is 99.6 Å². The van der Waals surface area contributed by atoms with Gasteiger partial charge in [0.15, 0.2) is 0 Å². The Morgan fingerprint density at radius 1 is 1.61 bits per heavy atom. The number of nitrogens with zero attached hydrogens (tertiary/aromatic N) is 2. The highest BCUT2D eigenvalue weighted by atomic mass is 19.4. The molecule has 1 unspecified atom stereocenters. The van der Waals surface area contributed by atoms with E-state index in [1.807, 2.05) is 0 Å².